The fourth-order valence-corrected chi connectivity index (χ4v) is 3.15. The van der Waals surface area contributed by atoms with Gasteiger partial charge in [0.25, 0.3) is 5.91 Å². The molecule has 34 heavy (non-hydrogen) atoms. The van der Waals surface area contributed by atoms with Crippen LogP contribution in [0.15, 0.2) is 40.8 Å². The Balaban J connectivity index is 1.54. The van der Waals surface area contributed by atoms with Crippen molar-refractivity contribution in [2.75, 3.05) is 6.61 Å². The summed E-state index contributed by atoms with van der Waals surface area (Å²) in [5.74, 6) is -1.80. The minimum atomic E-state index is -3.03. The van der Waals surface area contributed by atoms with Gasteiger partial charge in [-0.2, -0.15) is 8.78 Å². The topological polar surface area (TPSA) is 99.6 Å². The maximum Gasteiger partial charge on any atom is 0.387 e. The van der Waals surface area contributed by atoms with Gasteiger partial charge in [0.2, 0.25) is 5.89 Å². The standard InChI is InChI=1S/C23H21F4N3O4/c24-15-5-3-14(16(25)8-15)10-29-21(31)20-19(9-28)33-22(30-20)13-4-6-17(34-23(26)27)18(7-13)32-11-12-1-2-12/h3-8,12,23H,1-2,9-11,28H2,(H,29,31). The molecule has 3 aromatic rings. The molecule has 1 aliphatic carbocycles. The van der Waals surface area contributed by atoms with Crippen LogP contribution in [0.1, 0.15) is 34.7 Å². The Labute approximate surface area is 191 Å². The van der Waals surface area contributed by atoms with Crippen molar-refractivity contribution in [3.05, 3.63) is 65.1 Å². The molecular weight excluding hydrogens is 458 g/mol. The quantitative estimate of drug-likeness (QED) is 0.418. The fourth-order valence-electron chi connectivity index (χ4n) is 3.15. The van der Waals surface area contributed by atoms with Gasteiger partial charge in [-0.05, 0) is 43.0 Å². The van der Waals surface area contributed by atoms with Crippen molar-refractivity contribution >= 4 is 5.91 Å². The van der Waals surface area contributed by atoms with E-state index in [-0.39, 0.29) is 47.5 Å². The zero-order valence-corrected chi connectivity index (χ0v) is 17.8. The summed E-state index contributed by atoms with van der Waals surface area (Å²) in [6.45, 7) is -3.04. The van der Waals surface area contributed by atoms with Crippen LogP contribution in [0.5, 0.6) is 11.5 Å². The first-order chi connectivity index (χ1) is 16.3. The van der Waals surface area contributed by atoms with Gasteiger partial charge >= 0.3 is 6.61 Å². The highest BCUT2D eigenvalue weighted by molar-refractivity contribution is 5.93. The van der Waals surface area contributed by atoms with E-state index in [1.807, 2.05) is 0 Å². The summed E-state index contributed by atoms with van der Waals surface area (Å²) in [4.78, 5) is 16.8. The van der Waals surface area contributed by atoms with Crippen molar-refractivity contribution in [1.82, 2.24) is 10.3 Å². The first-order valence-electron chi connectivity index (χ1n) is 10.5. The number of ether oxygens (including phenoxy) is 2. The van der Waals surface area contributed by atoms with E-state index in [4.69, 9.17) is 14.9 Å². The Morgan fingerprint density at radius 1 is 1.18 bits per heavy atom. The molecule has 0 atom stereocenters. The second-order valence-electron chi connectivity index (χ2n) is 7.71. The zero-order valence-electron chi connectivity index (χ0n) is 17.8. The predicted octanol–water partition coefficient (Wildman–Crippen LogP) is 4.40. The van der Waals surface area contributed by atoms with Crippen LogP contribution in [-0.2, 0) is 13.1 Å². The Bertz CT molecular complexity index is 1180. The van der Waals surface area contributed by atoms with Gasteiger partial charge in [0.05, 0.1) is 13.2 Å². The van der Waals surface area contributed by atoms with Crippen LogP contribution in [0.3, 0.4) is 0 Å². The monoisotopic (exact) mass is 479 g/mol. The molecule has 1 heterocycles. The number of carbonyl (C=O) groups is 1. The summed E-state index contributed by atoms with van der Waals surface area (Å²) in [5.41, 5.74) is 6.00. The van der Waals surface area contributed by atoms with Crippen LogP contribution in [0.4, 0.5) is 17.6 Å². The van der Waals surface area contributed by atoms with Gasteiger partial charge in [-0.15, -0.1) is 0 Å². The maximum atomic E-state index is 13.8. The third-order valence-electron chi connectivity index (χ3n) is 5.13. The molecule has 11 heteroatoms. The number of hydrogen-bond donors (Lipinski definition) is 2. The van der Waals surface area contributed by atoms with Gasteiger partial charge in [0.15, 0.2) is 23.0 Å². The van der Waals surface area contributed by atoms with Crippen LogP contribution in [0, 0.1) is 17.6 Å². The van der Waals surface area contributed by atoms with Crippen LogP contribution in [0.25, 0.3) is 11.5 Å². The summed E-state index contributed by atoms with van der Waals surface area (Å²) < 4.78 is 68.2. The molecule has 1 aliphatic rings. The molecule has 4 rings (SSSR count). The molecule has 0 aliphatic heterocycles. The van der Waals surface area contributed by atoms with Crippen molar-refractivity contribution in [2.24, 2.45) is 11.7 Å². The molecule has 0 radical (unpaired) electrons. The third kappa shape index (κ3) is 5.66. The zero-order chi connectivity index (χ0) is 24.2. The van der Waals surface area contributed by atoms with E-state index in [9.17, 15) is 22.4 Å². The number of aromatic nitrogens is 1. The van der Waals surface area contributed by atoms with Crippen LogP contribution in [0.2, 0.25) is 0 Å². The maximum absolute atomic E-state index is 13.8. The van der Waals surface area contributed by atoms with Gasteiger partial charge < -0.3 is 24.9 Å². The highest BCUT2D eigenvalue weighted by atomic mass is 19.3. The molecule has 0 bridgehead atoms. The number of oxazole rings is 1. The van der Waals surface area contributed by atoms with Crippen molar-refractivity contribution in [3.8, 4) is 23.0 Å². The summed E-state index contributed by atoms with van der Waals surface area (Å²) in [5, 5.41) is 2.49. The first-order valence-corrected chi connectivity index (χ1v) is 10.5. The normalized spacial score (nSPS) is 13.2. The molecular formula is C23H21F4N3O4. The second kappa shape index (κ2) is 10.1. The molecule has 0 saturated heterocycles. The number of carbonyl (C=O) groups excluding carboxylic acids is 1. The first kappa shape index (κ1) is 23.6. The Morgan fingerprint density at radius 2 is 1.97 bits per heavy atom. The van der Waals surface area contributed by atoms with Gasteiger partial charge in [-0.3, -0.25) is 4.79 Å². The lowest BCUT2D eigenvalue weighted by Crippen LogP contribution is -2.25. The summed E-state index contributed by atoms with van der Waals surface area (Å²) >= 11 is 0. The van der Waals surface area contributed by atoms with E-state index >= 15 is 0 Å². The van der Waals surface area contributed by atoms with Crippen molar-refractivity contribution in [1.29, 1.82) is 0 Å². The van der Waals surface area contributed by atoms with E-state index in [1.165, 1.54) is 24.3 Å². The fraction of sp³-hybridized carbons (Fsp3) is 0.304. The summed E-state index contributed by atoms with van der Waals surface area (Å²) in [7, 11) is 0. The number of nitrogens with one attached hydrogen (secondary N) is 1. The molecule has 7 nitrogen and oxygen atoms in total. The van der Waals surface area contributed by atoms with Crippen molar-refractivity contribution in [3.63, 3.8) is 0 Å². The third-order valence-corrected chi connectivity index (χ3v) is 5.13. The number of hydrogen-bond acceptors (Lipinski definition) is 6. The number of rotatable bonds is 10. The molecule has 1 fully saturated rings. The van der Waals surface area contributed by atoms with E-state index < -0.39 is 24.2 Å². The van der Waals surface area contributed by atoms with Crippen LogP contribution in [-0.4, -0.2) is 24.1 Å². The minimum Gasteiger partial charge on any atom is -0.489 e. The smallest absolute Gasteiger partial charge is 0.387 e. The van der Waals surface area contributed by atoms with Crippen LogP contribution >= 0.6 is 0 Å². The highest BCUT2D eigenvalue weighted by Gasteiger charge is 2.24. The number of amides is 1. The second-order valence-corrected chi connectivity index (χ2v) is 7.71. The SMILES string of the molecule is NCc1oc(-c2ccc(OC(F)F)c(OCC3CC3)c2)nc1C(=O)NCc1ccc(F)cc1F. The predicted molar refractivity (Wildman–Crippen MR) is 112 cm³/mol. The molecule has 2 aromatic carbocycles. The molecule has 1 amide bonds. The Hall–Kier alpha value is -3.60. The lowest BCUT2D eigenvalue weighted by Gasteiger charge is -2.12. The van der Waals surface area contributed by atoms with E-state index in [2.05, 4.69) is 15.0 Å². The summed E-state index contributed by atoms with van der Waals surface area (Å²) in [6, 6.07) is 7.17. The summed E-state index contributed by atoms with van der Waals surface area (Å²) in [6.07, 6.45) is 2.01. The average Bonchev–Trinajstić information content (AvgIpc) is 3.53. The molecule has 1 aromatic heterocycles. The molecule has 0 spiro atoms. The number of benzene rings is 2. The number of alkyl halides is 2. The number of nitrogens with zero attached hydrogens (tertiary/aromatic N) is 1. The largest absolute Gasteiger partial charge is 0.489 e. The molecule has 0 unspecified atom stereocenters. The Morgan fingerprint density at radius 3 is 2.65 bits per heavy atom. The van der Waals surface area contributed by atoms with E-state index in [0.29, 0.717) is 24.2 Å². The van der Waals surface area contributed by atoms with Crippen LogP contribution < -0.4 is 20.5 Å². The lowest BCUT2D eigenvalue weighted by molar-refractivity contribution is -0.0515. The van der Waals surface area contributed by atoms with Gasteiger partial charge in [-0.25, -0.2) is 13.8 Å². The molecule has 3 N–H and O–H groups in total. The lowest BCUT2D eigenvalue weighted by atomic mass is 10.2. The van der Waals surface area contributed by atoms with Gasteiger partial charge in [0.1, 0.15) is 11.6 Å². The van der Waals surface area contributed by atoms with Gasteiger partial charge in [0, 0.05) is 23.7 Å². The number of halogens is 4. The Kier molecular flexibility index (Phi) is 7.01. The van der Waals surface area contributed by atoms with Crippen molar-refractivity contribution < 1.29 is 36.2 Å². The van der Waals surface area contributed by atoms with E-state index in [0.717, 1.165) is 18.9 Å². The van der Waals surface area contributed by atoms with E-state index in [1.54, 1.807) is 0 Å². The minimum absolute atomic E-state index is 0.0124. The van der Waals surface area contributed by atoms with Crippen molar-refractivity contribution in [2.45, 2.75) is 32.5 Å². The molecule has 1 saturated carbocycles. The average molecular weight is 479 g/mol. The molecule has 180 valence electrons. The highest BCUT2D eigenvalue weighted by Crippen LogP contribution is 2.36. The van der Waals surface area contributed by atoms with Gasteiger partial charge in [-0.1, -0.05) is 6.07 Å². The number of nitrogens with two attached hydrogens (primary N) is 1.